The molecule has 0 spiro atoms. The van der Waals surface area contributed by atoms with Crippen molar-refractivity contribution in [3.8, 4) is 11.5 Å². The summed E-state index contributed by atoms with van der Waals surface area (Å²) in [5.41, 5.74) is 0.996. The van der Waals surface area contributed by atoms with Gasteiger partial charge in [-0.3, -0.25) is 0 Å². The lowest BCUT2D eigenvalue weighted by Crippen LogP contribution is -2.25. The molecular formula is C15H22F3NO2. The van der Waals surface area contributed by atoms with Crippen molar-refractivity contribution in [2.45, 2.75) is 44.9 Å². The number of ether oxygens (including phenoxy) is 2. The van der Waals surface area contributed by atoms with Gasteiger partial charge < -0.3 is 14.8 Å². The highest BCUT2D eigenvalue weighted by atomic mass is 19.4. The molecule has 1 atom stereocenters. The van der Waals surface area contributed by atoms with Crippen LogP contribution in [0.3, 0.4) is 0 Å². The standard InChI is InChI=1S/C15H22F3NO2/c1-11(5-4-8-15(16,17)18)19-10-12-6-7-13(20-2)14(9-12)21-3/h6-7,9,11,19H,4-5,8,10H2,1-3H3. The minimum absolute atomic E-state index is 0.0282. The van der Waals surface area contributed by atoms with Crippen LogP contribution in [0.4, 0.5) is 13.2 Å². The molecule has 1 rings (SSSR count). The molecule has 6 heteroatoms. The summed E-state index contributed by atoms with van der Waals surface area (Å²) in [7, 11) is 3.13. The Hall–Kier alpha value is -1.43. The van der Waals surface area contributed by atoms with Crippen LogP contribution in [-0.4, -0.2) is 26.4 Å². The highest BCUT2D eigenvalue weighted by Crippen LogP contribution is 2.27. The number of rotatable bonds is 8. The number of hydrogen-bond donors (Lipinski definition) is 1. The van der Waals surface area contributed by atoms with E-state index in [1.165, 1.54) is 0 Å². The molecule has 3 nitrogen and oxygen atoms in total. The lowest BCUT2D eigenvalue weighted by atomic mass is 10.1. The lowest BCUT2D eigenvalue weighted by molar-refractivity contribution is -0.135. The van der Waals surface area contributed by atoms with Crippen LogP contribution in [-0.2, 0) is 6.54 Å². The molecule has 1 aromatic rings. The van der Waals surface area contributed by atoms with Gasteiger partial charge in [0.1, 0.15) is 0 Å². The highest BCUT2D eigenvalue weighted by molar-refractivity contribution is 5.42. The van der Waals surface area contributed by atoms with Gasteiger partial charge in [-0.25, -0.2) is 0 Å². The van der Waals surface area contributed by atoms with Gasteiger partial charge in [-0.15, -0.1) is 0 Å². The number of halogens is 3. The van der Waals surface area contributed by atoms with Crippen LogP contribution in [0.25, 0.3) is 0 Å². The number of benzene rings is 1. The van der Waals surface area contributed by atoms with Crippen molar-refractivity contribution in [3.05, 3.63) is 23.8 Å². The topological polar surface area (TPSA) is 30.5 Å². The maximum absolute atomic E-state index is 12.1. The Bertz CT molecular complexity index is 435. The Balaban J connectivity index is 2.40. The first-order valence-corrected chi connectivity index (χ1v) is 6.86. The molecule has 1 unspecified atom stereocenters. The summed E-state index contributed by atoms with van der Waals surface area (Å²) in [6, 6.07) is 5.59. The normalized spacial score (nSPS) is 13.0. The first-order valence-electron chi connectivity index (χ1n) is 6.86. The van der Waals surface area contributed by atoms with Crippen LogP contribution in [0.1, 0.15) is 31.7 Å². The zero-order valence-electron chi connectivity index (χ0n) is 12.6. The molecule has 0 aliphatic heterocycles. The van der Waals surface area contributed by atoms with Gasteiger partial charge in [0.25, 0.3) is 0 Å². The van der Waals surface area contributed by atoms with Crippen molar-refractivity contribution in [1.29, 1.82) is 0 Å². The zero-order valence-corrected chi connectivity index (χ0v) is 12.6. The predicted molar refractivity (Wildman–Crippen MR) is 75.8 cm³/mol. The van der Waals surface area contributed by atoms with Gasteiger partial charge in [-0.1, -0.05) is 6.07 Å². The second-order valence-corrected chi connectivity index (χ2v) is 4.98. The third-order valence-corrected chi connectivity index (χ3v) is 3.20. The van der Waals surface area contributed by atoms with Crippen LogP contribution in [0, 0.1) is 0 Å². The molecule has 21 heavy (non-hydrogen) atoms. The Morgan fingerprint density at radius 1 is 1.14 bits per heavy atom. The largest absolute Gasteiger partial charge is 0.493 e. The molecule has 0 amide bonds. The average molecular weight is 305 g/mol. The SMILES string of the molecule is COc1ccc(CNC(C)CCCC(F)(F)F)cc1OC. The first kappa shape index (κ1) is 17.6. The van der Waals surface area contributed by atoms with E-state index in [2.05, 4.69) is 5.32 Å². The van der Waals surface area contributed by atoms with Crippen molar-refractivity contribution in [2.24, 2.45) is 0 Å². The van der Waals surface area contributed by atoms with Gasteiger partial charge >= 0.3 is 6.18 Å². The predicted octanol–water partition coefficient (Wildman–Crippen LogP) is 3.91. The van der Waals surface area contributed by atoms with E-state index in [-0.39, 0.29) is 12.5 Å². The van der Waals surface area contributed by atoms with Crippen molar-refractivity contribution in [2.75, 3.05) is 14.2 Å². The van der Waals surface area contributed by atoms with Gasteiger partial charge in [0.15, 0.2) is 11.5 Å². The molecule has 0 saturated heterocycles. The number of methoxy groups -OCH3 is 2. The van der Waals surface area contributed by atoms with Gasteiger partial charge in [0.2, 0.25) is 0 Å². The second kappa shape index (κ2) is 8.12. The fraction of sp³-hybridized carbons (Fsp3) is 0.600. The quantitative estimate of drug-likeness (QED) is 0.790. The summed E-state index contributed by atoms with van der Waals surface area (Å²) in [4.78, 5) is 0. The molecule has 0 radical (unpaired) electrons. The van der Waals surface area contributed by atoms with Crippen molar-refractivity contribution >= 4 is 0 Å². The lowest BCUT2D eigenvalue weighted by Gasteiger charge is -2.15. The molecule has 0 bridgehead atoms. The number of nitrogens with one attached hydrogen (secondary N) is 1. The molecule has 0 aromatic heterocycles. The van der Waals surface area contributed by atoms with E-state index in [1.54, 1.807) is 14.2 Å². The summed E-state index contributed by atoms with van der Waals surface area (Å²) in [5.74, 6) is 1.29. The smallest absolute Gasteiger partial charge is 0.389 e. The van der Waals surface area contributed by atoms with Gasteiger partial charge in [0.05, 0.1) is 14.2 Å². The van der Waals surface area contributed by atoms with E-state index in [0.717, 1.165) is 5.56 Å². The molecule has 0 heterocycles. The van der Waals surface area contributed by atoms with Crippen molar-refractivity contribution in [3.63, 3.8) is 0 Å². The van der Waals surface area contributed by atoms with E-state index in [1.807, 2.05) is 25.1 Å². The maximum Gasteiger partial charge on any atom is 0.389 e. The van der Waals surface area contributed by atoms with Crippen LogP contribution in [0.15, 0.2) is 18.2 Å². The van der Waals surface area contributed by atoms with Crippen LogP contribution in [0.5, 0.6) is 11.5 Å². The summed E-state index contributed by atoms with van der Waals surface area (Å²) in [6.45, 7) is 2.46. The third-order valence-electron chi connectivity index (χ3n) is 3.20. The first-order chi connectivity index (χ1) is 9.85. The minimum Gasteiger partial charge on any atom is -0.493 e. The summed E-state index contributed by atoms with van der Waals surface area (Å²) >= 11 is 0. The van der Waals surface area contributed by atoms with Crippen LogP contribution >= 0.6 is 0 Å². The van der Waals surface area contributed by atoms with Crippen molar-refractivity contribution < 1.29 is 22.6 Å². The summed E-state index contributed by atoms with van der Waals surface area (Å²) in [5, 5.41) is 3.21. The zero-order chi connectivity index (χ0) is 15.9. The Morgan fingerprint density at radius 3 is 2.38 bits per heavy atom. The molecule has 0 aliphatic rings. The van der Waals surface area contributed by atoms with E-state index in [9.17, 15) is 13.2 Å². The Kier molecular flexibility index (Phi) is 6.81. The summed E-state index contributed by atoms with van der Waals surface area (Å²) < 4.78 is 46.6. The van der Waals surface area contributed by atoms with Crippen LogP contribution < -0.4 is 14.8 Å². The highest BCUT2D eigenvalue weighted by Gasteiger charge is 2.26. The van der Waals surface area contributed by atoms with E-state index in [0.29, 0.717) is 24.5 Å². The molecule has 120 valence electrons. The Morgan fingerprint density at radius 2 is 1.81 bits per heavy atom. The van der Waals surface area contributed by atoms with Gasteiger partial charge in [0, 0.05) is 19.0 Å². The molecular weight excluding hydrogens is 283 g/mol. The monoisotopic (exact) mass is 305 g/mol. The number of alkyl halides is 3. The summed E-state index contributed by atoms with van der Waals surface area (Å²) in [6.07, 6.45) is -4.16. The number of hydrogen-bond acceptors (Lipinski definition) is 3. The van der Waals surface area contributed by atoms with Gasteiger partial charge in [-0.05, 0) is 37.5 Å². The fourth-order valence-corrected chi connectivity index (χ4v) is 1.99. The fourth-order valence-electron chi connectivity index (χ4n) is 1.99. The van der Waals surface area contributed by atoms with E-state index >= 15 is 0 Å². The molecule has 1 aromatic carbocycles. The maximum atomic E-state index is 12.1. The van der Waals surface area contributed by atoms with E-state index < -0.39 is 12.6 Å². The molecule has 0 fully saturated rings. The third kappa shape index (κ3) is 6.71. The van der Waals surface area contributed by atoms with E-state index in [4.69, 9.17) is 9.47 Å². The molecule has 1 N–H and O–H groups in total. The molecule has 0 aliphatic carbocycles. The minimum atomic E-state index is -4.07. The van der Waals surface area contributed by atoms with Gasteiger partial charge in [-0.2, -0.15) is 13.2 Å². The Labute approximate surface area is 123 Å². The van der Waals surface area contributed by atoms with Crippen molar-refractivity contribution in [1.82, 2.24) is 5.32 Å². The van der Waals surface area contributed by atoms with Crippen LogP contribution in [0.2, 0.25) is 0 Å². The average Bonchev–Trinajstić information content (AvgIpc) is 2.43. The molecule has 0 saturated carbocycles. The second-order valence-electron chi connectivity index (χ2n) is 4.98.